The van der Waals surface area contributed by atoms with Gasteiger partial charge in [-0.25, -0.2) is 0 Å². The third-order valence-electron chi connectivity index (χ3n) is 2.31. The molecule has 1 unspecified atom stereocenters. The first-order valence-corrected chi connectivity index (χ1v) is 4.34. The van der Waals surface area contributed by atoms with Crippen molar-refractivity contribution in [3.63, 3.8) is 0 Å². The zero-order chi connectivity index (χ0) is 8.10. The zero-order valence-corrected chi connectivity index (χ0v) is 7.21. The molecule has 0 bridgehead atoms. The molecular formula is C8H18N2O. The smallest absolute Gasteiger partial charge is 0.0471 e. The van der Waals surface area contributed by atoms with Gasteiger partial charge in [0.2, 0.25) is 0 Å². The van der Waals surface area contributed by atoms with Gasteiger partial charge in [-0.3, -0.25) is 0 Å². The number of likely N-dealkylation sites (tertiary alicyclic amines) is 1. The number of nitrogens with zero attached hydrogens (tertiary/aromatic N) is 1. The van der Waals surface area contributed by atoms with Crippen LogP contribution in [-0.2, 0) is 0 Å². The van der Waals surface area contributed by atoms with Crippen molar-refractivity contribution in [2.24, 2.45) is 5.92 Å². The van der Waals surface area contributed by atoms with Gasteiger partial charge in [0, 0.05) is 26.2 Å². The molecule has 0 saturated carbocycles. The molecule has 3 nitrogen and oxygen atoms in total. The number of aliphatic hydroxyl groups is 1. The van der Waals surface area contributed by atoms with Crippen LogP contribution in [0.25, 0.3) is 0 Å². The number of rotatable bonds is 4. The Labute approximate surface area is 68.4 Å². The minimum atomic E-state index is 0.357. The van der Waals surface area contributed by atoms with Crippen LogP contribution in [0, 0.1) is 5.92 Å². The fraction of sp³-hybridized carbons (Fsp3) is 1.00. The van der Waals surface area contributed by atoms with Gasteiger partial charge in [-0.1, -0.05) is 0 Å². The van der Waals surface area contributed by atoms with Gasteiger partial charge in [0.1, 0.15) is 0 Å². The lowest BCUT2D eigenvalue weighted by Crippen LogP contribution is -2.29. The summed E-state index contributed by atoms with van der Waals surface area (Å²) in [6.07, 6.45) is 1.17. The summed E-state index contributed by atoms with van der Waals surface area (Å²) < 4.78 is 0. The van der Waals surface area contributed by atoms with E-state index in [0.29, 0.717) is 12.5 Å². The van der Waals surface area contributed by atoms with Gasteiger partial charge in [-0.15, -0.1) is 0 Å². The number of aliphatic hydroxyl groups excluding tert-OH is 1. The predicted octanol–water partition coefficient (Wildman–Crippen LogP) is -0.480. The van der Waals surface area contributed by atoms with Crippen LogP contribution >= 0.6 is 0 Å². The number of hydrogen-bond donors (Lipinski definition) is 2. The van der Waals surface area contributed by atoms with Gasteiger partial charge in [-0.05, 0) is 25.9 Å². The Morgan fingerprint density at radius 3 is 3.00 bits per heavy atom. The third kappa shape index (κ3) is 2.77. The molecule has 66 valence electrons. The molecule has 0 radical (unpaired) electrons. The van der Waals surface area contributed by atoms with E-state index in [0.717, 1.165) is 26.2 Å². The number of nitrogens with one attached hydrogen (secondary N) is 1. The van der Waals surface area contributed by atoms with Gasteiger partial charge in [-0.2, -0.15) is 0 Å². The Bertz CT molecular complexity index is 108. The van der Waals surface area contributed by atoms with E-state index in [-0.39, 0.29) is 0 Å². The molecule has 2 N–H and O–H groups in total. The minimum Gasteiger partial charge on any atom is -0.396 e. The van der Waals surface area contributed by atoms with Crippen LogP contribution in [0.3, 0.4) is 0 Å². The molecule has 0 aromatic carbocycles. The molecule has 0 aliphatic carbocycles. The summed E-state index contributed by atoms with van der Waals surface area (Å²) in [4.78, 5) is 2.40. The standard InChI is InChI=1S/C8H18N2O/c1-9-3-5-10-4-2-8(6-10)7-11/h8-9,11H,2-7H2,1H3. The third-order valence-corrected chi connectivity index (χ3v) is 2.31. The van der Waals surface area contributed by atoms with E-state index in [1.165, 1.54) is 6.42 Å². The highest BCUT2D eigenvalue weighted by atomic mass is 16.3. The molecule has 1 heterocycles. The predicted molar refractivity (Wildman–Crippen MR) is 45.6 cm³/mol. The summed E-state index contributed by atoms with van der Waals surface area (Å²) in [5.74, 6) is 0.534. The second-order valence-electron chi connectivity index (χ2n) is 3.24. The number of hydrogen-bond acceptors (Lipinski definition) is 3. The van der Waals surface area contributed by atoms with Crippen molar-refractivity contribution in [2.45, 2.75) is 6.42 Å². The van der Waals surface area contributed by atoms with Gasteiger partial charge in [0.25, 0.3) is 0 Å². The minimum absolute atomic E-state index is 0.357. The Hall–Kier alpha value is -0.120. The Balaban J connectivity index is 2.09. The van der Waals surface area contributed by atoms with Crippen molar-refractivity contribution in [1.29, 1.82) is 0 Å². The van der Waals surface area contributed by atoms with Crippen LogP contribution in [0.5, 0.6) is 0 Å². The Kier molecular flexibility index (Phi) is 3.83. The molecule has 1 atom stereocenters. The summed E-state index contributed by atoms with van der Waals surface area (Å²) in [5.41, 5.74) is 0. The van der Waals surface area contributed by atoms with E-state index in [4.69, 9.17) is 5.11 Å². The fourth-order valence-corrected chi connectivity index (χ4v) is 1.53. The maximum absolute atomic E-state index is 8.87. The van der Waals surface area contributed by atoms with Gasteiger partial charge < -0.3 is 15.3 Å². The van der Waals surface area contributed by atoms with E-state index in [1.807, 2.05) is 7.05 Å². The van der Waals surface area contributed by atoms with Crippen LogP contribution in [-0.4, -0.2) is 49.8 Å². The van der Waals surface area contributed by atoms with E-state index in [2.05, 4.69) is 10.2 Å². The van der Waals surface area contributed by atoms with Crippen molar-refractivity contribution < 1.29 is 5.11 Å². The topological polar surface area (TPSA) is 35.5 Å². The van der Waals surface area contributed by atoms with Crippen molar-refractivity contribution in [1.82, 2.24) is 10.2 Å². The van der Waals surface area contributed by atoms with Crippen molar-refractivity contribution in [3.8, 4) is 0 Å². The largest absolute Gasteiger partial charge is 0.396 e. The first-order chi connectivity index (χ1) is 5.36. The quantitative estimate of drug-likeness (QED) is 0.580. The summed E-state index contributed by atoms with van der Waals surface area (Å²) in [5, 5.41) is 12.0. The molecule has 1 aliphatic rings. The molecule has 3 heteroatoms. The van der Waals surface area contributed by atoms with Gasteiger partial charge >= 0.3 is 0 Å². The monoisotopic (exact) mass is 158 g/mol. The molecule has 1 rings (SSSR count). The molecular weight excluding hydrogens is 140 g/mol. The molecule has 0 spiro atoms. The van der Waals surface area contributed by atoms with E-state index >= 15 is 0 Å². The molecule has 11 heavy (non-hydrogen) atoms. The first kappa shape index (κ1) is 8.97. The second kappa shape index (κ2) is 4.70. The summed E-state index contributed by atoms with van der Waals surface area (Å²) >= 11 is 0. The normalized spacial score (nSPS) is 26.2. The molecule has 1 fully saturated rings. The average Bonchev–Trinajstić information content (AvgIpc) is 2.48. The SMILES string of the molecule is CNCCN1CCC(CO)C1. The molecule has 1 aliphatic heterocycles. The van der Waals surface area contributed by atoms with E-state index < -0.39 is 0 Å². The zero-order valence-electron chi connectivity index (χ0n) is 7.21. The van der Waals surface area contributed by atoms with E-state index in [1.54, 1.807) is 0 Å². The molecule has 0 aromatic heterocycles. The highest BCUT2D eigenvalue weighted by Crippen LogP contribution is 2.13. The second-order valence-corrected chi connectivity index (χ2v) is 3.24. The average molecular weight is 158 g/mol. The van der Waals surface area contributed by atoms with Gasteiger partial charge in [0.05, 0.1) is 0 Å². The van der Waals surface area contributed by atoms with Crippen LogP contribution < -0.4 is 5.32 Å². The number of likely N-dealkylation sites (N-methyl/N-ethyl adjacent to an activating group) is 1. The summed E-state index contributed by atoms with van der Waals surface area (Å²) in [6, 6.07) is 0. The Morgan fingerprint density at radius 2 is 2.45 bits per heavy atom. The van der Waals surface area contributed by atoms with Crippen molar-refractivity contribution in [3.05, 3.63) is 0 Å². The lowest BCUT2D eigenvalue weighted by Gasteiger charge is -2.14. The fourth-order valence-electron chi connectivity index (χ4n) is 1.53. The van der Waals surface area contributed by atoms with Crippen LogP contribution in [0.15, 0.2) is 0 Å². The maximum atomic E-state index is 8.87. The van der Waals surface area contributed by atoms with Crippen molar-refractivity contribution >= 4 is 0 Å². The molecule has 0 aromatic rings. The molecule has 0 amide bonds. The maximum Gasteiger partial charge on any atom is 0.0471 e. The lowest BCUT2D eigenvalue weighted by atomic mass is 10.1. The first-order valence-electron chi connectivity index (χ1n) is 4.34. The summed E-state index contributed by atoms with van der Waals surface area (Å²) in [7, 11) is 1.97. The van der Waals surface area contributed by atoms with Crippen LogP contribution in [0.4, 0.5) is 0 Å². The van der Waals surface area contributed by atoms with Crippen LogP contribution in [0.1, 0.15) is 6.42 Å². The highest BCUT2D eigenvalue weighted by molar-refractivity contribution is 4.74. The lowest BCUT2D eigenvalue weighted by molar-refractivity contribution is 0.222. The van der Waals surface area contributed by atoms with E-state index in [9.17, 15) is 0 Å². The summed E-state index contributed by atoms with van der Waals surface area (Å²) in [6.45, 7) is 4.77. The van der Waals surface area contributed by atoms with Gasteiger partial charge in [0.15, 0.2) is 0 Å². The van der Waals surface area contributed by atoms with Crippen LogP contribution in [0.2, 0.25) is 0 Å². The molecule has 1 saturated heterocycles. The highest BCUT2D eigenvalue weighted by Gasteiger charge is 2.20. The Morgan fingerprint density at radius 1 is 1.64 bits per heavy atom. The van der Waals surface area contributed by atoms with Crippen molar-refractivity contribution in [2.75, 3.05) is 39.8 Å².